The molecule has 0 bridgehead atoms. The Morgan fingerprint density at radius 3 is 2.95 bits per heavy atom. The summed E-state index contributed by atoms with van der Waals surface area (Å²) < 4.78 is 18.6. The molecule has 2 N–H and O–H groups in total. The van der Waals surface area contributed by atoms with Crippen molar-refractivity contribution >= 4 is 11.6 Å². The van der Waals surface area contributed by atoms with Crippen LogP contribution in [-0.4, -0.2) is 34.8 Å². The fourth-order valence-corrected chi connectivity index (χ4v) is 1.98. The van der Waals surface area contributed by atoms with Gasteiger partial charge in [-0.3, -0.25) is 9.78 Å². The van der Waals surface area contributed by atoms with Crippen molar-refractivity contribution in [2.24, 2.45) is 0 Å². The lowest BCUT2D eigenvalue weighted by Gasteiger charge is -2.12. The number of rotatable bonds is 4. The van der Waals surface area contributed by atoms with Crippen molar-refractivity contribution in [1.82, 2.24) is 4.98 Å². The van der Waals surface area contributed by atoms with Crippen molar-refractivity contribution in [2.75, 3.05) is 11.9 Å². The first-order chi connectivity index (χ1) is 9.10. The van der Waals surface area contributed by atoms with Gasteiger partial charge in [0.15, 0.2) is 6.17 Å². The minimum absolute atomic E-state index is 0.105. The number of halogens is 1. The number of aliphatic hydroxyl groups is 1. The molecule has 5 nitrogen and oxygen atoms in total. The first kappa shape index (κ1) is 13.9. The van der Waals surface area contributed by atoms with Gasteiger partial charge >= 0.3 is 0 Å². The summed E-state index contributed by atoms with van der Waals surface area (Å²) in [6, 6.07) is 3.00. The van der Waals surface area contributed by atoms with Crippen LogP contribution in [0.25, 0.3) is 0 Å². The molecule has 6 heteroatoms. The topological polar surface area (TPSA) is 71.5 Å². The number of hydrogen-bond acceptors (Lipinski definition) is 4. The highest BCUT2D eigenvalue weighted by Crippen LogP contribution is 2.21. The number of pyridine rings is 1. The number of aliphatic hydroxyl groups excluding tert-OH is 1. The van der Waals surface area contributed by atoms with E-state index >= 15 is 0 Å². The van der Waals surface area contributed by atoms with Gasteiger partial charge in [-0.25, -0.2) is 4.39 Å². The molecule has 0 spiro atoms. The predicted molar refractivity (Wildman–Crippen MR) is 67.4 cm³/mol. The number of alkyl halides is 1. The molecule has 3 unspecified atom stereocenters. The number of hydrogen-bond donors (Lipinski definition) is 2. The van der Waals surface area contributed by atoms with Gasteiger partial charge in [0.2, 0.25) is 0 Å². The van der Waals surface area contributed by atoms with Crippen molar-refractivity contribution < 1.29 is 19.0 Å². The largest absolute Gasteiger partial charge is 0.393 e. The fraction of sp³-hybridized carbons (Fsp3) is 0.538. The normalized spacial score (nSPS) is 24.2. The van der Waals surface area contributed by atoms with Crippen LogP contribution in [0.4, 0.5) is 10.1 Å². The highest BCUT2D eigenvalue weighted by atomic mass is 19.1. The molecule has 2 heterocycles. The van der Waals surface area contributed by atoms with Crippen LogP contribution in [0.3, 0.4) is 0 Å². The molecule has 1 aromatic heterocycles. The second kappa shape index (κ2) is 6.08. The Balaban J connectivity index is 1.94. The van der Waals surface area contributed by atoms with Crippen molar-refractivity contribution in [3.05, 3.63) is 24.0 Å². The standard InChI is InChI=1S/C13H17FN2O3/c1-8-2-5-12(19-8)13(18)16-9-3-4-11(15-6-9)10(14)7-17/h3-4,6,8,10,12,17H,2,5,7H2,1H3,(H,16,18). The van der Waals surface area contributed by atoms with Crippen LogP contribution in [0, 0.1) is 0 Å². The zero-order valence-corrected chi connectivity index (χ0v) is 10.7. The van der Waals surface area contributed by atoms with Gasteiger partial charge in [0, 0.05) is 0 Å². The second-order valence-electron chi connectivity index (χ2n) is 4.62. The fourth-order valence-electron chi connectivity index (χ4n) is 1.98. The number of amides is 1. The quantitative estimate of drug-likeness (QED) is 0.870. The monoisotopic (exact) mass is 268 g/mol. The van der Waals surface area contributed by atoms with Gasteiger partial charge in [0.25, 0.3) is 5.91 Å². The van der Waals surface area contributed by atoms with Gasteiger partial charge in [-0.15, -0.1) is 0 Å². The summed E-state index contributed by atoms with van der Waals surface area (Å²) in [6.07, 6.45) is 1.12. The third-order valence-corrected chi connectivity index (χ3v) is 3.06. The Labute approximate surface area is 110 Å². The van der Waals surface area contributed by atoms with Crippen LogP contribution < -0.4 is 5.32 Å². The summed E-state index contributed by atoms with van der Waals surface area (Å²) in [7, 11) is 0. The van der Waals surface area contributed by atoms with Crippen LogP contribution >= 0.6 is 0 Å². The number of aromatic nitrogens is 1. The summed E-state index contributed by atoms with van der Waals surface area (Å²) in [4.78, 5) is 15.7. The Bertz CT molecular complexity index is 438. The van der Waals surface area contributed by atoms with Crippen molar-refractivity contribution in [3.63, 3.8) is 0 Å². The van der Waals surface area contributed by atoms with Gasteiger partial charge in [-0.1, -0.05) is 0 Å². The third-order valence-electron chi connectivity index (χ3n) is 3.06. The third kappa shape index (κ3) is 3.48. The van der Waals surface area contributed by atoms with E-state index in [0.29, 0.717) is 12.1 Å². The van der Waals surface area contributed by atoms with E-state index in [4.69, 9.17) is 9.84 Å². The molecule has 0 saturated carbocycles. The zero-order valence-electron chi connectivity index (χ0n) is 10.7. The Kier molecular flexibility index (Phi) is 4.44. The molecule has 3 atom stereocenters. The Morgan fingerprint density at radius 1 is 1.63 bits per heavy atom. The molecule has 0 aromatic carbocycles. The average molecular weight is 268 g/mol. The van der Waals surface area contributed by atoms with Crippen LogP contribution in [0.2, 0.25) is 0 Å². The van der Waals surface area contributed by atoms with E-state index in [2.05, 4.69) is 10.3 Å². The lowest BCUT2D eigenvalue weighted by atomic mass is 10.2. The minimum atomic E-state index is -1.50. The molecule has 1 aliphatic rings. The van der Waals surface area contributed by atoms with E-state index in [1.807, 2.05) is 6.92 Å². The number of carbonyl (C=O) groups is 1. The SMILES string of the molecule is CC1CCC(C(=O)Nc2ccc(C(F)CO)nc2)O1. The molecule has 104 valence electrons. The van der Waals surface area contributed by atoms with E-state index in [1.165, 1.54) is 12.3 Å². The number of ether oxygens (including phenoxy) is 1. The van der Waals surface area contributed by atoms with Crippen LogP contribution in [0.5, 0.6) is 0 Å². The summed E-state index contributed by atoms with van der Waals surface area (Å²) in [6.45, 7) is 1.33. The molecule has 1 amide bonds. The number of carbonyl (C=O) groups excluding carboxylic acids is 1. The Hall–Kier alpha value is -1.53. The molecule has 1 saturated heterocycles. The molecule has 1 aromatic rings. The first-order valence-electron chi connectivity index (χ1n) is 6.27. The average Bonchev–Trinajstić information content (AvgIpc) is 2.85. The van der Waals surface area contributed by atoms with E-state index in [-0.39, 0.29) is 17.7 Å². The zero-order chi connectivity index (χ0) is 13.8. The van der Waals surface area contributed by atoms with Gasteiger partial charge in [-0.05, 0) is 31.9 Å². The van der Waals surface area contributed by atoms with Crippen molar-refractivity contribution in [2.45, 2.75) is 38.1 Å². The summed E-state index contributed by atoms with van der Waals surface area (Å²) in [5, 5.41) is 11.3. The number of nitrogens with zero attached hydrogens (tertiary/aromatic N) is 1. The predicted octanol–water partition coefficient (Wildman–Crippen LogP) is 1.59. The molecule has 1 aliphatic heterocycles. The molecule has 19 heavy (non-hydrogen) atoms. The van der Waals surface area contributed by atoms with E-state index in [1.54, 1.807) is 6.07 Å². The lowest BCUT2D eigenvalue weighted by molar-refractivity contribution is -0.126. The van der Waals surface area contributed by atoms with Gasteiger partial charge < -0.3 is 15.2 Å². The Morgan fingerprint density at radius 2 is 2.42 bits per heavy atom. The molecule has 0 radical (unpaired) electrons. The number of nitrogens with one attached hydrogen (secondary N) is 1. The highest BCUT2D eigenvalue weighted by Gasteiger charge is 2.28. The van der Waals surface area contributed by atoms with E-state index < -0.39 is 18.9 Å². The van der Waals surface area contributed by atoms with Crippen LogP contribution in [0.1, 0.15) is 31.6 Å². The lowest BCUT2D eigenvalue weighted by Crippen LogP contribution is -2.27. The maximum absolute atomic E-state index is 13.1. The van der Waals surface area contributed by atoms with Crippen molar-refractivity contribution in [1.29, 1.82) is 0 Å². The van der Waals surface area contributed by atoms with E-state index in [9.17, 15) is 9.18 Å². The van der Waals surface area contributed by atoms with Gasteiger partial charge in [0.1, 0.15) is 6.10 Å². The summed E-state index contributed by atoms with van der Waals surface area (Å²) in [5.41, 5.74) is 0.633. The summed E-state index contributed by atoms with van der Waals surface area (Å²) in [5.74, 6) is -0.210. The molecular weight excluding hydrogens is 251 g/mol. The minimum Gasteiger partial charge on any atom is -0.393 e. The summed E-state index contributed by atoms with van der Waals surface area (Å²) >= 11 is 0. The van der Waals surface area contributed by atoms with Gasteiger partial charge in [0.05, 0.1) is 30.3 Å². The molecular formula is C13H17FN2O3. The van der Waals surface area contributed by atoms with Crippen LogP contribution in [-0.2, 0) is 9.53 Å². The maximum Gasteiger partial charge on any atom is 0.253 e. The smallest absolute Gasteiger partial charge is 0.253 e. The van der Waals surface area contributed by atoms with Crippen LogP contribution in [0.15, 0.2) is 18.3 Å². The second-order valence-corrected chi connectivity index (χ2v) is 4.62. The van der Waals surface area contributed by atoms with Gasteiger partial charge in [-0.2, -0.15) is 0 Å². The van der Waals surface area contributed by atoms with Crippen molar-refractivity contribution in [3.8, 4) is 0 Å². The van der Waals surface area contributed by atoms with E-state index in [0.717, 1.165) is 6.42 Å². The molecule has 0 aliphatic carbocycles. The maximum atomic E-state index is 13.1. The molecule has 2 rings (SSSR count). The molecule has 1 fully saturated rings. The number of anilines is 1. The highest BCUT2D eigenvalue weighted by molar-refractivity contribution is 5.94. The first-order valence-corrected chi connectivity index (χ1v) is 6.27.